The summed E-state index contributed by atoms with van der Waals surface area (Å²) >= 11 is 0. The number of rotatable bonds is 11. The molecular formula is C43H46N6O5Si. The van der Waals surface area contributed by atoms with Gasteiger partial charge >= 0.3 is 0 Å². The van der Waals surface area contributed by atoms with Crippen molar-refractivity contribution in [3.63, 3.8) is 0 Å². The second kappa shape index (κ2) is 14.8. The number of hydrogen-bond donors (Lipinski definition) is 2. The highest BCUT2D eigenvalue weighted by atomic mass is 28.4. The largest absolute Gasteiger partial charge is 0.432 e. The number of hydrazone groups is 1. The minimum absolute atomic E-state index is 0.0596. The van der Waals surface area contributed by atoms with E-state index in [2.05, 4.69) is 10.3 Å². The first kappa shape index (κ1) is 36.7. The molecule has 1 unspecified atom stereocenters. The fourth-order valence-corrected chi connectivity index (χ4v) is 11.5. The summed E-state index contributed by atoms with van der Waals surface area (Å²) in [6.07, 6.45) is 2.94. The van der Waals surface area contributed by atoms with Gasteiger partial charge in [-0.2, -0.15) is 5.10 Å². The summed E-state index contributed by atoms with van der Waals surface area (Å²) in [5.41, 5.74) is 5.19. The Morgan fingerprint density at radius 2 is 1.60 bits per heavy atom. The van der Waals surface area contributed by atoms with Crippen LogP contribution in [0.15, 0.2) is 120 Å². The molecule has 3 aliphatic heterocycles. The first-order valence-electron chi connectivity index (χ1n) is 19.0. The molecule has 0 radical (unpaired) electrons. The van der Waals surface area contributed by atoms with Gasteiger partial charge in [0.1, 0.15) is 0 Å². The predicted octanol–water partition coefficient (Wildman–Crippen LogP) is 6.37. The van der Waals surface area contributed by atoms with Crippen molar-refractivity contribution in [2.45, 2.75) is 75.5 Å². The molecule has 2 N–H and O–H groups in total. The third-order valence-electron chi connectivity index (χ3n) is 11.5. The van der Waals surface area contributed by atoms with Crippen LogP contribution >= 0.6 is 0 Å². The molecule has 3 aliphatic rings. The zero-order valence-corrected chi connectivity index (χ0v) is 32.3. The van der Waals surface area contributed by atoms with Crippen LogP contribution in [0.3, 0.4) is 0 Å². The summed E-state index contributed by atoms with van der Waals surface area (Å²) in [7, 11) is -2.86. The van der Waals surface area contributed by atoms with Gasteiger partial charge in [0.2, 0.25) is 5.91 Å². The Kier molecular flexibility index (Phi) is 9.84. The summed E-state index contributed by atoms with van der Waals surface area (Å²) in [4.78, 5) is 41.4. The van der Waals surface area contributed by atoms with Crippen molar-refractivity contribution in [2.75, 3.05) is 16.5 Å². The van der Waals surface area contributed by atoms with Crippen LogP contribution in [-0.2, 0) is 33.0 Å². The van der Waals surface area contributed by atoms with Gasteiger partial charge < -0.3 is 19.5 Å². The van der Waals surface area contributed by atoms with Crippen molar-refractivity contribution in [3.8, 4) is 0 Å². The average molecular weight is 755 g/mol. The number of carbonyl (C=O) groups excluding carboxylic acids is 2. The fraction of sp³-hybridized carbons (Fsp3) is 0.326. The van der Waals surface area contributed by atoms with E-state index < -0.39 is 20.0 Å². The van der Waals surface area contributed by atoms with Crippen LogP contribution in [0.25, 0.3) is 0 Å². The molecule has 5 atom stereocenters. The normalized spacial score (nSPS) is 23.0. The maximum Gasteiger partial charge on any atom is 0.264 e. The zero-order valence-electron chi connectivity index (χ0n) is 31.3. The quantitative estimate of drug-likeness (QED) is 0.150. The number of para-hydroxylation sites is 1. The summed E-state index contributed by atoms with van der Waals surface area (Å²) in [5, 5.41) is 25.1. The molecule has 12 heteroatoms. The Labute approximate surface area is 322 Å². The third kappa shape index (κ3) is 6.73. The van der Waals surface area contributed by atoms with Crippen molar-refractivity contribution in [2.24, 2.45) is 11.0 Å². The van der Waals surface area contributed by atoms with Crippen LogP contribution in [0.2, 0.25) is 18.6 Å². The van der Waals surface area contributed by atoms with Gasteiger partial charge in [0.05, 0.1) is 48.0 Å². The van der Waals surface area contributed by atoms with Crippen LogP contribution in [-0.4, -0.2) is 63.5 Å². The van der Waals surface area contributed by atoms with Crippen molar-refractivity contribution in [3.05, 3.63) is 143 Å². The minimum Gasteiger partial charge on any atom is -0.432 e. The molecule has 1 fully saturated rings. The number of aliphatic hydroxyl groups is 1. The van der Waals surface area contributed by atoms with E-state index in [-0.39, 0.29) is 35.8 Å². The second-order valence-corrected chi connectivity index (χ2v) is 19.4. The van der Waals surface area contributed by atoms with Crippen molar-refractivity contribution >= 4 is 37.2 Å². The smallest absolute Gasteiger partial charge is 0.264 e. The SMILES string of the molecule is C[C@@H]1[C@@H]([Si](C)(C)O)[C@H](CCn2cc(C(CO)c3ccccc3)nn2)O[C@@]12C(=O)N(Cc1ccc(N3N=C(c4ccccc4)CCC3=O)cc1)c1ccccc12. The van der Waals surface area contributed by atoms with Crippen molar-refractivity contribution in [1.82, 2.24) is 15.0 Å². The molecule has 4 heterocycles. The summed E-state index contributed by atoms with van der Waals surface area (Å²) in [5.74, 6) is -0.789. The Hall–Kier alpha value is -5.27. The van der Waals surface area contributed by atoms with Gasteiger partial charge in [0.25, 0.3) is 5.91 Å². The highest BCUT2D eigenvalue weighted by molar-refractivity contribution is 6.71. The molecule has 5 aromatic rings. The third-order valence-corrected chi connectivity index (χ3v) is 14.0. The van der Waals surface area contributed by atoms with Crippen LogP contribution in [0, 0.1) is 5.92 Å². The zero-order chi connectivity index (χ0) is 38.3. The number of anilines is 2. The van der Waals surface area contributed by atoms with E-state index in [0.717, 1.165) is 33.7 Å². The van der Waals surface area contributed by atoms with E-state index >= 15 is 0 Å². The number of amides is 2. The molecule has 2 amide bonds. The lowest BCUT2D eigenvalue weighted by atomic mass is 9.82. The van der Waals surface area contributed by atoms with Gasteiger partial charge in [-0.1, -0.05) is 103 Å². The van der Waals surface area contributed by atoms with Gasteiger partial charge in [-0.05, 0) is 54.4 Å². The summed E-state index contributed by atoms with van der Waals surface area (Å²) in [6.45, 7) is 6.58. The maximum atomic E-state index is 14.9. The number of hydrogen-bond acceptors (Lipinski definition) is 8. The second-order valence-electron chi connectivity index (χ2n) is 15.4. The number of fused-ring (bicyclic) bond motifs is 2. The fourth-order valence-electron chi connectivity index (χ4n) is 8.87. The van der Waals surface area contributed by atoms with Crippen LogP contribution in [0.4, 0.5) is 11.4 Å². The molecule has 8 rings (SSSR count). The molecule has 0 aliphatic carbocycles. The van der Waals surface area contributed by atoms with E-state index in [0.29, 0.717) is 43.7 Å². The molecule has 11 nitrogen and oxygen atoms in total. The highest BCUT2D eigenvalue weighted by Crippen LogP contribution is 2.59. The first-order chi connectivity index (χ1) is 26.6. The molecule has 1 saturated heterocycles. The number of aryl methyl sites for hydroxylation is 1. The maximum absolute atomic E-state index is 14.9. The summed E-state index contributed by atoms with van der Waals surface area (Å²) < 4.78 is 8.77. The number of aromatic nitrogens is 3. The van der Waals surface area contributed by atoms with Gasteiger partial charge in [-0.15, -0.1) is 5.10 Å². The first-order valence-corrected chi connectivity index (χ1v) is 22.0. The Morgan fingerprint density at radius 1 is 0.909 bits per heavy atom. The van der Waals surface area contributed by atoms with E-state index in [1.165, 1.54) is 5.01 Å². The molecule has 282 valence electrons. The number of nitrogens with zero attached hydrogens (tertiary/aromatic N) is 6. The topological polar surface area (TPSA) is 133 Å². The van der Waals surface area contributed by atoms with Crippen LogP contribution in [0.1, 0.15) is 60.1 Å². The van der Waals surface area contributed by atoms with Crippen LogP contribution < -0.4 is 9.91 Å². The lowest BCUT2D eigenvalue weighted by molar-refractivity contribution is -0.146. The average Bonchev–Trinajstić information content (AvgIpc) is 3.86. The predicted molar refractivity (Wildman–Crippen MR) is 213 cm³/mol. The lowest BCUT2D eigenvalue weighted by Gasteiger charge is -2.32. The van der Waals surface area contributed by atoms with E-state index in [1.807, 2.05) is 135 Å². The number of benzene rings is 4. The van der Waals surface area contributed by atoms with E-state index in [1.54, 1.807) is 9.58 Å². The number of aliphatic hydroxyl groups excluding tert-OH is 1. The molecule has 1 spiro atoms. The molecule has 0 saturated carbocycles. The highest BCUT2D eigenvalue weighted by Gasteiger charge is 2.66. The van der Waals surface area contributed by atoms with E-state index in [4.69, 9.17) is 9.84 Å². The Bertz CT molecular complexity index is 2210. The standard InChI is InChI=1S/C43H46N6O5Si/c1-29-41(55(2,3)53)39(24-25-47-27-37(44-46-47)34(28-50)31-12-6-4-7-13-31)54-43(29)35-16-10-11-17-38(35)48(42(43)52)26-30-18-20-33(21-19-30)49-40(51)23-22-36(45-49)32-14-8-5-9-15-32/h4-21,27,29,34,39,41,50,53H,22-26,28H2,1-3H3/t29-,34?,39+,41-,43+/m1/s1. The Morgan fingerprint density at radius 3 is 2.31 bits per heavy atom. The number of ether oxygens (including phenoxy) is 1. The van der Waals surface area contributed by atoms with Crippen molar-refractivity contribution < 1.29 is 24.2 Å². The van der Waals surface area contributed by atoms with Gasteiger partial charge in [-0.25, -0.2) is 5.01 Å². The molecule has 1 aromatic heterocycles. The minimum atomic E-state index is -2.86. The van der Waals surface area contributed by atoms with Gasteiger partial charge in [0.15, 0.2) is 13.9 Å². The molecular weight excluding hydrogens is 709 g/mol. The van der Waals surface area contributed by atoms with Gasteiger partial charge in [0, 0.05) is 42.6 Å². The van der Waals surface area contributed by atoms with E-state index in [9.17, 15) is 19.5 Å². The summed E-state index contributed by atoms with van der Waals surface area (Å²) in [6, 6.07) is 35.1. The van der Waals surface area contributed by atoms with Crippen molar-refractivity contribution in [1.29, 1.82) is 0 Å². The monoisotopic (exact) mass is 754 g/mol. The van der Waals surface area contributed by atoms with Gasteiger partial charge in [-0.3, -0.25) is 14.3 Å². The lowest BCUT2D eigenvalue weighted by Crippen LogP contribution is -2.46. The van der Waals surface area contributed by atoms with Crippen LogP contribution in [0.5, 0.6) is 0 Å². The molecule has 55 heavy (non-hydrogen) atoms. The molecule has 0 bridgehead atoms. The molecule has 4 aromatic carbocycles. The Balaban J connectivity index is 1.03. The number of carbonyl (C=O) groups is 2.